The summed E-state index contributed by atoms with van der Waals surface area (Å²) in [6.45, 7) is 2.75. The van der Waals surface area contributed by atoms with E-state index in [1.54, 1.807) is 0 Å². The number of rotatable bonds is 4. The van der Waals surface area contributed by atoms with Crippen LogP contribution in [0, 0.1) is 5.92 Å². The molecule has 1 aliphatic carbocycles. The maximum absolute atomic E-state index is 12.8. The average molecular weight is 434 g/mol. The van der Waals surface area contributed by atoms with Crippen LogP contribution in [0.5, 0.6) is 0 Å². The Morgan fingerprint density at radius 2 is 2.19 bits per heavy atom. The number of aryl methyl sites for hydroxylation is 1. The molecule has 0 unspecified atom stereocenters. The lowest BCUT2D eigenvalue weighted by Crippen LogP contribution is -2.52. The molecule has 1 aromatic heterocycles. The zero-order chi connectivity index (χ0) is 19.3. The molecule has 1 aromatic carbocycles. The van der Waals surface area contributed by atoms with E-state index in [0.717, 1.165) is 25.8 Å². The first-order valence-electron chi connectivity index (χ1n) is 9.83. The topological polar surface area (TPSA) is 57.5 Å². The van der Waals surface area contributed by atoms with Crippen molar-refractivity contribution in [1.82, 2.24) is 14.8 Å². The normalized spacial score (nSPS) is 26.0. The van der Waals surface area contributed by atoms with Crippen molar-refractivity contribution >= 4 is 32.7 Å². The van der Waals surface area contributed by atoms with E-state index in [0.29, 0.717) is 12.0 Å². The molecule has 5 nitrogen and oxygen atoms in total. The van der Waals surface area contributed by atoms with Crippen LogP contribution in [0.3, 0.4) is 0 Å². The molecule has 0 radical (unpaired) electrons. The van der Waals surface area contributed by atoms with Crippen LogP contribution in [-0.4, -0.2) is 52.8 Å². The molecule has 6 heteroatoms. The van der Waals surface area contributed by atoms with E-state index in [4.69, 9.17) is 0 Å². The van der Waals surface area contributed by atoms with E-state index in [1.165, 1.54) is 26.6 Å². The van der Waals surface area contributed by atoms with Gasteiger partial charge in [-0.2, -0.15) is 0 Å². The van der Waals surface area contributed by atoms with Crippen molar-refractivity contribution in [1.29, 1.82) is 0 Å². The van der Waals surface area contributed by atoms with E-state index < -0.39 is 0 Å². The summed E-state index contributed by atoms with van der Waals surface area (Å²) in [6, 6.07) is 6.83. The van der Waals surface area contributed by atoms with E-state index in [1.807, 2.05) is 6.92 Å². The van der Waals surface area contributed by atoms with Gasteiger partial charge in [-0.15, -0.1) is 0 Å². The number of hydrogen-bond donors (Lipinski definition) is 2. The maximum atomic E-state index is 12.8. The SMILES string of the molecule is CC[C@@H](CO)NC(=O)[C@@H]1C[C@@H]2c3cccc4c3c(c(Br)n4C)C[C@H]2N(C)C1. The van der Waals surface area contributed by atoms with Gasteiger partial charge in [0.25, 0.3) is 0 Å². The third kappa shape index (κ3) is 3.02. The standard InChI is InChI=1S/C21H28BrN3O2/c1-4-13(11-26)23-21(27)12-8-15-14-6-5-7-17-19(14)16(20(22)25(17)3)9-18(15)24(2)10-12/h5-7,12-13,15,18,26H,4,8-11H2,1-3H3,(H,23,27)/t12-,13+,15-,18-/m1/s1. The van der Waals surface area contributed by atoms with Crippen molar-refractivity contribution in [3.8, 4) is 0 Å². The molecule has 0 saturated carbocycles. The van der Waals surface area contributed by atoms with Gasteiger partial charge in [0, 0.05) is 36.5 Å². The second kappa shape index (κ2) is 7.22. The first-order valence-corrected chi connectivity index (χ1v) is 10.6. The highest BCUT2D eigenvalue weighted by atomic mass is 79.9. The predicted octanol–water partition coefficient (Wildman–Crippen LogP) is 2.79. The highest BCUT2D eigenvalue weighted by Crippen LogP contribution is 2.47. The molecular formula is C21H28BrN3O2. The van der Waals surface area contributed by atoms with E-state index in [9.17, 15) is 9.90 Å². The van der Waals surface area contributed by atoms with Crippen LogP contribution in [-0.2, 0) is 18.3 Å². The van der Waals surface area contributed by atoms with Crippen molar-refractivity contribution in [3.63, 3.8) is 0 Å². The van der Waals surface area contributed by atoms with Gasteiger partial charge in [0.2, 0.25) is 5.91 Å². The summed E-state index contributed by atoms with van der Waals surface area (Å²) < 4.78 is 3.40. The van der Waals surface area contributed by atoms with Crippen LogP contribution in [0.2, 0.25) is 0 Å². The fourth-order valence-electron chi connectivity index (χ4n) is 5.03. The van der Waals surface area contributed by atoms with Gasteiger partial charge in [0.1, 0.15) is 0 Å². The Bertz CT molecular complexity index is 874. The number of benzene rings is 1. The lowest BCUT2D eigenvalue weighted by Gasteiger charge is -2.45. The summed E-state index contributed by atoms with van der Waals surface area (Å²) in [5, 5.41) is 13.8. The Morgan fingerprint density at radius 3 is 2.89 bits per heavy atom. The highest BCUT2D eigenvalue weighted by Gasteiger charge is 2.42. The summed E-state index contributed by atoms with van der Waals surface area (Å²) in [6.07, 6.45) is 2.63. The summed E-state index contributed by atoms with van der Waals surface area (Å²) >= 11 is 3.79. The Hall–Kier alpha value is -1.37. The lowest BCUT2D eigenvalue weighted by atomic mass is 9.72. The Kier molecular flexibility index (Phi) is 5.08. The summed E-state index contributed by atoms with van der Waals surface area (Å²) in [7, 11) is 4.25. The smallest absolute Gasteiger partial charge is 0.224 e. The van der Waals surface area contributed by atoms with Crippen LogP contribution >= 0.6 is 15.9 Å². The number of nitrogens with one attached hydrogen (secondary N) is 1. The van der Waals surface area contributed by atoms with E-state index in [-0.39, 0.29) is 24.5 Å². The van der Waals surface area contributed by atoms with Gasteiger partial charge in [-0.05, 0) is 59.4 Å². The third-order valence-electron chi connectivity index (χ3n) is 6.60. The van der Waals surface area contributed by atoms with Gasteiger partial charge >= 0.3 is 0 Å². The van der Waals surface area contributed by atoms with Gasteiger partial charge in [-0.25, -0.2) is 0 Å². The molecule has 4 rings (SSSR count). The van der Waals surface area contributed by atoms with Gasteiger partial charge in [-0.3, -0.25) is 4.79 Å². The van der Waals surface area contributed by atoms with Gasteiger partial charge in [0.15, 0.2) is 0 Å². The fraction of sp³-hybridized carbons (Fsp3) is 0.571. The summed E-state index contributed by atoms with van der Waals surface area (Å²) in [4.78, 5) is 15.2. The molecule has 0 spiro atoms. The largest absolute Gasteiger partial charge is 0.394 e. The molecule has 2 aliphatic rings. The minimum Gasteiger partial charge on any atom is -0.394 e. The monoisotopic (exact) mass is 433 g/mol. The Morgan fingerprint density at radius 1 is 1.41 bits per heavy atom. The van der Waals surface area contributed by atoms with Crippen LogP contribution in [0.15, 0.2) is 22.8 Å². The van der Waals surface area contributed by atoms with E-state index in [2.05, 4.69) is 63.0 Å². The molecule has 1 amide bonds. The van der Waals surface area contributed by atoms with Gasteiger partial charge in [-0.1, -0.05) is 19.1 Å². The van der Waals surface area contributed by atoms with Crippen LogP contribution in [0.25, 0.3) is 10.9 Å². The number of aliphatic hydroxyl groups is 1. The molecule has 1 fully saturated rings. The van der Waals surface area contributed by atoms with Crippen LogP contribution in [0.4, 0.5) is 0 Å². The molecule has 146 valence electrons. The number of piperidine rings is 1. The van der Waals surface area contributed by atoms with Gasteiger partial charge < -0.3 is 19.9 Å². The number of hydrogen-bond acceptors (Lipinski definition) is 3. The fourth-order valence-corrected chi connectivity index (χ4v) is 5.58. The Labute approximate surface area is 168 Å². The number of carbonyl (C=O) groups is 1. The number of aromatic nitrogens is 1. The van der Waals surface area contributed by atoms with Crippen LogP contribution in [0.1, 0.15) is 36.8 Å². The molecule has 4 atom stereocenters. The van der Waals surface area contributed by atoms with Crippen LogP contribution < -0.4 is 5.32 Å². The molecular weight excluding hydrogens is 406 g/mol. The number of aliphatic hydroxyl groups excluding tert-OH is 1. The minimum atomic E-state index is -0.146. The maximum Gasteiger partial charge on any atom is 0.224 e. The number of nitrogens with zero attached hydrogens (tertiary/aromatic N) is 2. The summed E-state index contributed by atoms with van der Waals surface area (Å²) in [5.74, 6) is 0.397. The molecule has 2 N–H and O–H groups in total. The number of fused-ring (bicyclic) bond motifs is 2. The molecule has 0 bridgehead atoms. The number of halogens is 1. The van der Waals surface area contributed by atoms with E-state index >= 15 is 0 Å². The summed E-state index contributed by atoms with van der Waals surface area (Å²) in [5.41, 5.74) is 4.03. The molecule has 2 aromatic rings. The number of likely N-dealkylation sites (tertiary alicyclic amines) is 1. The van der Waals surface area contributed by atoms with Gasteiger partial charge in [0.05, 0.1) is 23.2 Å². The second-order valence-corrected chi connectivity index (χ2v) is 8.87. The molecule has 27 heavy (non-hydrogen) atoms. The number of amides is 1. The average Bonchev–Trinajstić information content (AvgIpc) is 2.92. The second-order valence-electron chi connectivity index (χ2n) is 8.12. The van der Waals surface area contributed by atoms with Crippen molar-refractivity contribution in [2.75, 3.05) is 20.2 Å². The van der Waals surface area contributed by atoms with Crippen molar-refractivity contribution < 1.29 is 9.90 Å². The minimum absolute atomic E-state index is 0.00242. The van der Waals surface area contributed by atoms with Crippen molar-refractivity contribution in [2.45, 2.75) is 44.2 Å². The lowest BCUT2D eigenvalue weighted by molar-refractivity contribution is -0.128. The first-order chi connectivity index (χ1) is 13.0. The van der Waals surface area contributed by atoms with Crippen molar-refractivity contribution in [3.05, 3.63) is 33.9 Å². The number of likely N-dealkylation sites (N-methyl/N-ethyl adjacent to an activating group) is 1. The molecule has 1 saturated heterocycles. The molecule has 1 aliphatic heterocycles. The quantitative estimate of drug-likeness (QED) is 0.778. The van der Waals surface area contributed by atoms with Crippen molar-refractivity contribution in [2.24, 2.45) is 13.0 Å². The third-order valence-corrected chi connectivity index (χ3v) is 7.61. The zero-order valence-electron chi connectivity index (χ0n) is 16.2. The Balaban J connectivity index is 1.68. The highest BCUT2D eigenvalue weighted by molar-refractivity contribution is 9.10. The molecule has 2 heterocycles. The number of carbonyl (C=O) groups excluding carboxylic acids is 1. The predicted molar refractivity (Wildman–Crippen MR) is 111 cm³/mol. The first kappa shape index (κ1) is 19.0. The zero-order valence-corrected chi connectivity index (χ0v) is 17.8.